The third kappa shape index (κ3) is 4.96. The Balaban J connectivity index is 0.00000176. The van der Waals surface area contributed by atoms with E-state index in [2.05, 4.69) is 27.9 Å². The average Bonchev–Trinajstić information content (AvgIpc) is 2.82. The molecule has 0 saturated carbocycles. The van der Waals surface area contributed by atoms with Crippen molar-refractivity contribution in [3.63, 3.8) is 0 Å². The fourth-order valence-corrected chi connectivity index (χ4v) is 3.85. The first-order valence-corrected chi connectivity index (χ1v) is 7.62. The van der Waals surface area contributed by atoms with Crippen LogP contribution >= 0.6 is 37.2 Å². The number of carboxylic acids is 1. The standard InChI is InChI=1S/C16H23N3O2.3ClH/c1-18-7-4-16(5-8-18)12-19(11-14(16)15(20)21)10-13-3-2-6-17-9-13;;;/h2-3,6,9,14H,4-5,7-8,10-12H2,1H3,(H,20,21);3*1H. The fraction of sp³-hybridized carbons (Fsp3) is 0.625. The lowest BCUT2D eigenvalue weighted by molar-refractivity contribution is -0.145. The maximum absolute atomic E-state index is 11.7. The maximum atomic E-state index is 11.7. The molecular weight excluding hydrogens is 373 g/mol. The molecule has 2 aliphatic heterocycles. The van der Waals surface area contributed by atoms with Gasteiger partial charge in [-0.3, -0.25) is 14.7 Å². The monoisotopic (exact) mass is 397 g/mol. The number of halogens is 3. The topological polar surface area (TPSA) is 56.7 Å². The molecule has 0 amide bonds. The molecule has 2 saturated heterocycles. The second-order valence-electron chi connectivity index (χ2n) is 6.59. The number of piperidine rings is 1. The predicted molar refractivity (Wildman–Crippen MR) is 102 cm³/mol. The van der Waals surface area contributed by atoms with E-state index in [-0.39, 0.29) is 48.6 Å². The molecule has 1 atom stereocenters. The van der Waals surface area contributed by atoms with Gasteiger partial charge in [-0.2, -0.15) is 0 Å². The zero-order valence-electron chi connectivity index (χ0n) is 13.8. The molecule has 0 aliphatic carbocycles. The van der Waals surface area contributed by atoms with Crippen molar-refractivity contribution >= 4 is 43.2 Å². The summed E-state index contributed by atoms with van der Waals surface area (Å²) in [4.78, 5) is 20.4. The Hall–Kier alpha value is -0.590. The minimum atomic E-state index is -0.631. The van der Waals surface area contributed by atoms with Gasteiger partial charge in [-0.05, 0) is 44.6 Å². The highest BCUT2D eigenvalue weighted by molar-refractivity contribution is 5.86. The lowest BCUT2D eigenvalue weighted by atomic mass is 9.71. The second-order valence-corrected chi connectivity index (χ2v) is 6.59. The first-order valence-electron chi connectivity index (χ1n) is 7.62. The van der Waals surface area contributed by atoms with Crippen molar-refractivity contribution in [1.82, 2.24) is 14.8 Å². The van der Waals surface area contributed by atoms with Gasteiger partial charge in [0.25, 0.3) is 0 Å². The zero-order valence-corrected chi connectivity index (χ0v) is 16.2. The van der Waals surface area contributed by atoms with Gasteiger partial charge in [0.1, 0.15) is 0 Å². The van der Waals surface area contributed by atoms with Crippen LogP contribution in [0.15, 0.2) is 24.5 Å². The number of aliphatic carboxylic acids is 1. The van der Waals surface area contributed by atoms with Crippen molar-refractivity contribution in [2.45, 2.75) is 19.4 Å². The summed E-state index contributed by atoms with van der Waals surface area (Å²) in [5.41, 5.74) is 1.12. The molecule has 1 spiro atoms. The van der Waals surface area contributed by atoms with Crippen molar-refractivity contribution in [2.24, 2.45) is 11.3 Å². The SMILES string of the molecule is CN1CCC2(CC1)CN(Cc1cccnc1)CC2C(=O)O.Cl.Cl.Cl. The molecular formula is C16H26Cl3N3O2. The van der Waals surface area contributed by atoms with Crippen molar-refractivity contribution in [3.05, 3.63) is 30.1 Å². The molecule has 8 heteroatoms. The van der Waals surface area contributed by atoms with E-state index in [9.17, 15) is 9.90 Å². The number of aromatic nitrogens is 1. The van der Waals surface area contributed by atoms with Crippen LogP contribution in [0.25, 0.3) is 0 Å². The van der Waals surface area contributed by atoms with E-state index in [0.29, 0.717) is 6.54 Å². The second kappa shape index (κ2) is 9.78. The minimum absolute atomic E-state index is 0. The highest BCUT2D eigenvalue weighted by atomic mass is 35.5. The fourth-order valence-electron chi connectivity index (χ4n) is 3.85. The Morgan fingerprint density at radius 1 is 1.33 bits per heavy atom. The van der Waals surface area contributed by atoms with Gasteiger partial charge in [0.2, 0.25) is 0 Å². The summed E-state index contributed by atoms with van der Waals surface area (Å²) in [6.45, 7) is 4.37. The lowest BCUT2D eigenvalue weighted by Crippen LogP contribution is -2.44. The summed E-state index contributed by atoms with van der Waals surface area (Å²) >= 11 is 0. The first-order chi connectivity index (χ1) is 10.1. The largest absolute Gasteiger partial charge is 0.481 e. The van der Waals surface area contributed by atoms with Crippen LogP contribution in [0.3, 0.4) is 0 Å². The molecule has 2 fully saturated rings. The van der Waals surface area contributed by atoms with E-state index < -0.39 is 5.97 Å². The molecule has 3 heterocycles. The number of hydrogen-bond donors (Lipinski definition) is 1. The van der Waals surface area contributed by atoms with Crippen LogP contribution in [-0.4, -0.2) is 59.1 Å². The van der Waals surface area contributed by atoms with Gasteiger partial charge in [0.05, 0.1) is 5.92 Å². The summed E-state index contributed by atoms with van der Waals surface area (Å²) < 4.78 is 0. The summed E-state index contributed by atoms with van der Waals surface area (Å²) in [6, 6.07) is 3.99. The van der Waals surface area contributed by atoms with Gasteiger partial charge in [-0.1, -0.05) is 6.07 Å². The van der Waals surface area contributed by atoms with E-state index >= 15 is 0 Å². The summed E-state index contributed by atoms with van der Waals surface area (Å²) in [5.74, 6) is -0.865. The smallest absolute Gasteiger partial charge is 0.308 e. The van der Waals surface area contributed by atoms with E-state index in [1.54, 1.807) is 6.20 Å². The number of hydrogen-bond acceptors (Lipinski definition) is 4. The van der Waals surface area contributed by atoms with Gasteiger partial charge < -0.3 is 10.0 Å². The van der Waals surface area contributed by atoms with E-state index in [0.717, 1.165) is 44.6 Å². The van der Waals surface area contributed by atoms with Gasteiger partial charge in [0, 0.05) is 37.4 Å². The summed E-state index contributed by atoms with van der Waals surface area (Å²) in [6.07, 6.45) is 5.62. The lowest BCUT2D eigenvalue weighted by Gasteiger charge is -2.40. The van der Waals surface area contributed by atoms with E-state index in [1.807, 2.05) is 12.3 Å². The van der Waals surface area contributed by atoms with Gasteiger partial charge in [-0.25, -0.2) is 0 Å². The maximum Gasteiger partial charge on any atom is 0.308 e. The van der Waals surface area contributed by atoms with Crippen molar-refractivity contribution < 1.29 is 9.90 Å². The van der Waals surface area contributed by atoms with Crippen LogP contribution in [0.5, 0.6) is 0 Å². The third-order valence-electron chi connectivity index (χ3n) is 5.13. The molecule has 0 bridgehead atoms. The van der Waals surface area contributed by atoms with Crippen LogP contribution in [0.1, 0.15) is 18.4 Å². The van der Waals surface area contributed by atoms with Crippen LogP contribution < -0.4 is 0 Å². The first kappa shape index (κ1) is 23.4. The van der Waals surface area contributed by atoms with E-state index in [1.165, 1.54) is 0 Å². The Kier molecular flexibility index (Phi) is 9.54. The number of nitrogens with zero attached hydrogens (tertiary/aromatic N) is 3. The Bertz CT molecular complexity index is 511. The molecule has 0 radical (unpaired) electrons. The number of pyridine rings is 1. The van der Waals surface area contributed by atoms with Gasteiger partial charge in [-0.15, -0.1) is 37.2 Å². The van der Waals surface area contributed by atoms with Crippen LogP contribution in [0, 0.1) is 11.3 Å². The Morgan fingerprint density at radius 3 is 2.54 bits per heavy atom. The molecule has 24 heavy (non-hydrogen) atoms. The highest BCUT2D eigenvalue weighted by Gasteiger charge is 2.50. The highest BCUT2D eigenvalue weighted by Crippen LogP contribution is 2.45. The summed E-state index contributed by atoms with van der Waals surface area (Å²) in [7, 11) is 2.12. The molecule has 1 N–H and O–H groups in total. The van der Waals surface area contributed by atoms with Gasteiger partial charge in [0.15, 0.2) is 0 Å². The molecule has 1 aromatic heterocycles. The number of carbonyl (C=O) groups is 1. The number of rotatable bonds is 3. The molecule has 0 aromatic carbocycles. The molecule has 3 rings (SSSR count). The summed E-state index contributed by atoms with van der Waals surface area (Å²) in [5, 5.41) is 9.63. The normalized spacial score (nSPS) is 23.0. The quantitative estimate of drug-likeness (QED) is 0.848. The van der Waals surface area contributed by atoms with Crippen molar-refractivity contribution in [1.29, 1.82) is 0 Å². The average molecular weight is 399 g/mol. The number of carboxylic acid groups (broad SMARTS) is 1. The molecule has 1 unspecified atom stereocenters. The molecule has 138 valence electrons. The van der Waals surface area contributed by atoms with Gasteiger partial charge >= 0.3 is 5.97 Å². The van der Waals surface area contributed by atoms with Crippen LogP contribution in [-0.2, 0) is 11.3 Å². The van der Waals surface area contributed by atoms with Crippen molar-refractivity contribution in [2.75, 3.05) is 33.2 Å². The number of likely N-dealkylation sites (tertiary alicyclic amines) is 2. The van der Waals surface area contributed by atoms with Crippen molar-refractivity contribution in [3.8, 4) is 0 Å². The molecule has 5 nitrogen and oxygen atoms in total. The third-order valence-corrected chi connectivity index (χ3v) is 5.13. The zero-order chi connectivity index (χ0) is 14.9. The minimum Gasteiger partial charge on any atom is -0.481 e. The van der Waals surface area contributed by atoms with Crippen LogP contribution in [0.4, 0.5) is 0 Å². The predicted octanol–water partition coefficient (Wildman–Crippen LogP) is 2.58. The molecule has 1 aromatic rings. The Morgan fingerprint density at radius 2 is 2.00 bits per heavy atom. The Labute approximate surface area is 162 Å². The van der Waals surface area contributed by atoms with E-state index in [4.69, 9.17) is 0 Å². The van der Waals surface area contributed by atoms with Crippen LogP contribution in [0.2, 0.25) is 0 Å². The molecule has 2 aliphatic rings.